The average molecular weight is 378 g/mol. The van der Waals surface area contributed by atoms with Gasteiger partial charge in [-0.3, -0.25) is 9.59 Å². The number of carbonyl (C=O) groups is 2. The quantitative estimate of drug-likeness (QED) is 0.512. The fraction of sp³-hybridized carbons (Fsp3) is 0. The van der Waals surface area contributed by atoms with Crippen LogP contribution in [0.4, 0.5) is 5.69 Å². The normalized spacial score (nSPS) is 10.6. The minimum absolute atomic E-state index is 0.296. The maximum Gasteiger partial charge on any atom is 0.273 e. The van der Waals surface area contributed by atoms with Gasteiger partial charge in [-0.15, -0.1) is 0 Å². The van der Waals surface area contributed by atoms with Crippen molar-refractivity contribution >= 4 is 35.3 Å². The molecule has 0 radical (unpaired) electrons. The maximum absolute atomic E-state index is 12.4. The van der Waals surface area contributed by atoms with E-state index in [2.05, 4.69) is 15.8 Å². The van der Waals surface area contributed by atoms with Gasteiger partial charge in [0, 0.05) is 16.1 Å². The third-order valence-electron chi connectivity index (χ3n) is 3.73. The van der Waals surface area contributed by atoms with Crippen LogP contribution in [0.3, 0.4) is 0 Å². The summed E-state index contributed by atoms with van der Waals surface area (Å²) in [6.45, 7) is 0. The summed E-state index contributed by atoms with van der Waals surface area (Å²) in [7, 11) is 0. The number of hydrogen-bond donors (Lipinski definition) is 2. The van der Waals surface area contributed by atoms with Gasteiger partial charge in [0.2, 0.25) is 0 Å². The van der Waals surface area contributed by atoms with E-state index >= 15 is 0 Å². The van der Waals surface area contributed by atoms with Gasteiger partial charge in [0.15, 0.2) is 0 Å². The number of rotatable bonds is 5. The molecule has 0 aliphatic rings. The molecule has 6 heteroatoms. The van der Waals surface area contributed by atoms with Gasteiger partial charge in [0.05, 0.1) is 17.5 Å². The molecule has 0 bridgehead atoms. The molecular formula is C21H16ClN3O2. The summed E-state index contributed by atoms with van der Waals surface area (Å²) in [5.74, 6) is -0.738. The minimum atomic E-state index is -0.442. The number of hydrogen-bond acceptors (Lipinski definition) is 3. The second-order valence-electron chi connectivity index (χ2n) is 5.59. The summed E-state index contributed by atoms with van der Waals surface area (Å²) in [5.41, 5.74) is 4.34. The van der Waals surface area contributed by atoms with Gasteiger partial charge in [-0.1, -0.05) is 60.1 Å². The molecule has 2 amide bonds. The molecule has 0 fully saturated rings. The van der Waals surface area contributed by atoms with Crippen molar-refractivity contribution in [3.63, 3.8) is 0 Å². The molecule has 2 N–H and O–H groups in total. The van der Waals surface area contributed by atoms with E-state index in [9.17, 15) is 9.59 Å². The fourth-order valence-corrected chi connectivity index (χ4v) is 2.56. The van der Waals surface area contributed by atoms with E-state index in [0.717, 1.165) is 0 Å². The summed E-state index contributed by atoms with van der Waals surface area (Å²) in [5, 5.41) is 7.22. The van der Waals surface area contributed by atoms with Crippen molar-refractivity contribution in [3.8, 4) is 0 Å². The predicted molar refractivity (Wildman–Crippen MR) is 107 cm³/mol. The number of para-hydroxylation sites is 1. The summed E-state index contributed by atoms with van der Waals surface area (Å²) < 4.78 is 0. The van der Waals surface area contributed by atoms with Crippen LogP contribution in [-0.2, 0) is 0 Å². The van der Waals surface area contributed by atoms with Crippen LogP contribution in [-0.4, -0.2) is 18.0 Å². The molecule has 0 saturated heterocycles. The van der Waals surface area contributed by atoms with Crippen LogP contribution in [0.25, 0.3) is 0 Å². The lowest BCUT2D eigenvalue weighted by molar-refractivity contribution is 0.0956. The highest BCUT2D eigenvalue weighted by Crippen LogP contribution is 2.16. The zero-order chi connectivity index (χ0) is 19.1. The Kier molecular flexibility index (Phi) is 5.97. The molecule has 3 rings (SSSR count). The zero-order valence-corrected chi connectivity index (χ0v) is 15.0. The van der Waals surface area contributed by atoms with Crippen LogP contribution in [0.1, 0.15) is 26.3 Å². The fourth-order valence-electron chi connectivity index (χ4n) is 2.37. The van der Waals surface area contributed by atoms with Gasteiger partial charge >= 0.3 is 0 Å². The topological polar surface area (TPSA) is 70.6 Å². The smallest absolute Gasteiger partial charge is 0.273 e. The Morgan fingerprint density at radius 1 is 0.815 bits per heavy atom. The molecule has 0 aliphatic heterocycles. The molecule has 0 aliphatic carbocycles. The molecule has 0 unspecified atom stereocenters. The van der Waals surface area contributed by atoms with Gasteiger partial charge in [0.1, 0.15) is 0 Å². The largest absolute Gasteiger partial charge is 0.321 e. The van der Waals surface area contributed by atoms with Gasteiger partial charge in [-0.05, 0) is 30.3 Å². The van der Waals surface area contributed by atoms with Crippen molar-refractivity contribution in [2.45, 2.75) is 0 Å². The number of carbonyl (C=O) groups excluding carboxylic acids is 2. The van der Waals surface area contributed by atoms with Gasteiger partial charge in [-0.2, -0.15) is 5.10 Å². The number of halogens is 1. The Bertz CT molecular complexity index is 987. The first-order chi connectivity index (χ1) is 13.1. The predicted octanol–water partition coefficient (Wildman–Crippen LogP) is 4.36. The van der Waals surface area contributed by atoms with E-state index in [1.165, 1.54) is 6.21 Å². The summed E-state index contributed by atoms with van der Waals surface area (Å²) in [6.07, 6.45) is 1.46. The Morgan fingerprint density at radius 2 is 1.48 bits per heavy atom. The van der Waals surface area contributed by atoms with E-state index in [0.29, 0.717) is 27.4 Å². The first kappa shape index (κ1) is 18.4. The first-order valence-electron chi connectivity index (χ1n) is 8.18. The third-order valence-corrected chi connectivity index (χ3v) is 4.08. The summed E-state index contributed by atoms with van der Waals surface area (Å²) in [4.78, 5) is 24.8. The van der Waals surface area contributed by atoms with Crippen molar-refractivity contribution in [3.05, 3.63) is 101 Å². The lowest BCUT2D eigenvalue weighted by Gasteiger charge is -2.10. The van der Waals surface area contributed by atoms with Crippen molar-refractivity contribution in [2.75, 3.05) is 5.32 Å². The van der Waals surface area contributed by atoms with Crippen LogP contribution < -0.4 is 10.7 Å². The molecule has 5 nitrogen and oxygen atoms in total. The molecule has 0 aromatic heterocycles. The number of hydrazone groups is 1. The lowest BCUT2D eigenvalue weighted by Crippen LogP contribution is -2.21. The van der Waals surface area contributed by atoms with Crippen LogP contribution in [0.15, 0.2) is 84.0 Å². The van der Waals surface area contributed by atoms with Crippen LogP contribution in [0.2, 0.25) is 5.02 Å². The van der Waals surface area contributed by atoms with Gasteiger partial charge in [0.25, 0.3) is 11.8 Å². The highest BCUT2D eigenvalue weighted by Gasteiger charge is 2.13. The number of amides is 2. The lowest BCUT2D eigenvalue weighted by atomic mass is 10.1. The Balaban J connectivity index is 1.72. The minimum Gasteiger partial charge on any atom is -0.321 e. The van der Waals surface area contributed by atoms with Crippen LogP contribution in [0.5, 0.6) is 0 Å². The standard InChI is InChI=1S/C21H16ClN3O2/c22-18-12-6-4-10-16(18)14-23-25-21(27)17-11-5-7-13-19(17)24-20(26)15-8-2-1-3-9-15/h1-14H,(H,24,26)(H,25,27)/b23-14+. The van der Waals surface area contributed by atoms with E-state index in [1.54, 1.807) is 60.7 Å². The second-order valence-corrected chi connectivity index (χ2v) is 5.99. The van der Waals surface area contributed by atoms with E-state index < -0.39 is 5.91 Å². The SMILES string of the molecule is O=C(Nc1ccccc1C(=O)N/N=C/c1ccccc1Cl)c1ccccc1. The number of nitrogens with one attached hydrogen (secondary N) is 2. The number of nitrogens with zero attached hydrogens (tertiary/aromatic N) is 1. The zero-order valence-electron chi connectivity index (χ0n) is 14.2. The molecule has 0 saturated carbocycles. The Hall–Kier alpha value is -3.44. The second kappa shape index (κ2) is 8.78. The molecule has 27 heavy (non-hydrogen) atoms. The van der Waals surface area contributed by atoms with Crippen LogP contribution in [0, 0.1) is 0 Å². The Labute approximate surface area is 161 Å². The van der Waals surface area contributed by atoms with Crippen molar-refractivity contribution in [1.29, 1.82) is 0 Å². The van der Waals surface area contributed by atoms with Gasteiger partial charge < -0.3 is 5.32 Å². The molecule has 0 heterocycles. The number of benzene rings is 3. The van der Waals surface area contributed by atoms with Crippen molar-refractivity contribution < 1.29 is 9.59 Å². The molecule has 3 aromatic rings. The maximum atomic E-state index is 12.4. The van der Waals surface area contributed by atoms with E-state index in [1.807, 2.05) is 18.2 Å². The van der Waals surface area contributed by atoms with E-state index in [4.69, 9.17) is 11.6 Å². The first-order valence-corrected chi connectivity index (χ1v) is 8.56. The van der Waals surface area contributed by atoms with Crippen molar-refractivity contribution in [2.24, 2.45) is 5.10 Å². The summed E-state index contributed by atoms with van der Waals surface area (Å²) >= 11 is 6.05. The third kappa shape index (κ3) is 4.80. The molecule has 0 spiro atoms. The molecular weight excluding hydrogens is 362 g/mol. The molecule has 3 aromatic carbocycles. The summed E-state index contributed by atoms with van der Waals surface area (Å²) in [6, 6.07) is 22.7. The van der Waals surface area contributed by atoms with Crippen molar-refractivity contribution in [1.82, 2.24) is 5.43 Å². The Morgan fingerprint density at radius 3 is 2.26 bits per heavy atom. The molecule has 134 valence electrons. The van der Waals surface area contributed by atoms with Crippen LogP contribution >= 0.6 is 11.6 Å². The average Bonchev–Trinajstić information content (AvgIpc) is 2.70. The molecule has 0 atom stereocenters. The highest BCUT2D eigenvalue weighted by atomic mass is 35.5. The number of anilines is 1. The van der Waals surface area contributed by atoms with E-state index in [-0.39, 0.29) is 5.91 Å². The highest BCUT2D eigenvalue weighted by molar-refractivity contribution is 6.33. The monoisotopic (exact) mass is 377 g/mol. The van der Waals surface area contributed by atoms with Gasteiger partial charge in [-0.25, -0.2) is 5.43 Å².